The van der Waals surface area contributed by atoms with Gasteiger partial charge in [0.1, 0.15) is 5.82 Å². The largest absolute Gasteiger partial charge is 0.310 e. The van der Waals surface area contributed by atoms with Crippen LogP contribution in [0.1, 0.15) is 16.7 Å². The van der Waals surface area contributed by atoms with Crippen LogP contribution < -0.4 is 5.32 Å². The van der Waals surface area contributed by atoms with E-state index in [0.29, 0.717) is 22.5 Å². The molecule has 0 saturated heterocycles. The molecule has 0 aliphatic rings. The minimum Gasteiger partial charge on any atom is -0.310 e. The number of rotatable bonds is 7. The Kier molecular flexibility index (Phi) is 6.34. The van der Waals surface area contributed by atoms with Gasteiger partial charge in [0.25, 0.3) is 0 Å². The molecular formula is C21H20ClN7OS. The molecule has 2 aromatic carbocycles. The Bertz CT molecular complexity index is 1220. The third-order valence-corrected chi connectivity index (χ3v) is 5.94. The van der Waals surface area contributed by atoms with Gasteiger partial charge in [0.05, 0.1) is 24.2 Å². The molecule has 0 radical (unpaired) electrons. The number of aromatic nitrogens is 6. The highest BCUT2D eigenvalue weighted by molar-refractivity contribution is 7.99. The van der Waals surface area contributed by atoms with E-state index in [1.54, 1.807) is 21.6 Å². The summed E-state index contributed by atoms with van der Waals surface area (Å²) in [6.07, 6.45) is 1.65. The highest BCUT2D eigenvalue weighted by atomic mass is 35.5. The van der Waals surface area contributed by atoms with Crippen LogP contribution in [0.25, 0.3) is 5.69 Å². The lowest BCUT2D eigenvalue weighted by Gasteiger charge is -2.10. The van der Waals surface area contributed by atoms with Crippen molar-refractivity contribution in [2.24, 2.45) is 0 Å². The molecule has 0 spiro atoms. The van der Waals surface area contributed by atoms with E-state index in [0.717, 1.165) is 22.4 Å². The van der Waals surface area contributed by atoms with Gasteiger partial charge in [-0.1, -0.05) is 47.6 Å². The van der Waals surface area contributed by atoms with E-state index >= 15 is 0 Å². The van der Waals surface area contributed by atoms with Crippen molar-refractivity contribution < 1.29 is 4.79 Å². The Balaban J connectivity index is 1.41. The second kappa shape index (κ2) is 9.32. The molecular weight excluding hydrogens is 434 g/mol. The molecule has 4 rings (SSSR count). The van der Waals surface area contributed by atoms with Crippen LogP contribution in [-0.4, -0.2) is 41.6 Å². The molecule has 10 heteroatoms. The van der Waals surface area contributed by atoms with Crippen LogP contribution in [0.15, 0.2) is 59.9 Å². The molecule has 0 bridgehead atoms. The van der Waals surface area contributed by atoms with Gasteiger partial charge in [0.2, 0.25) is 11.1 Å². The Morgan fingerprint density at radius 2 is 2.00 bits per heavy atom. The fourth-order valence-electron chi connectivity index (χ4n) is 3.07. The summed E-state index contributed by atoms with van der Waals surface area (Å²) in [5.41, 5.74) is 4.13. The fourth-order valence-corrected chi connectivity index (χ4v) is 3.96. The first-order chi connectivity index (χ1) is 15.0. The zero-order valence-corrected chi connectivity index (χ0v) is 18.6. The Labute approximate surface area is 188 Å². The van der Waals surface area contributed by atoms with Gasteiger partial charge in [-0.2, -0.15) is 9.78 Å². The lowest BCUT2D eigenvalue weighted by molar-refractivity contribution is -0.113. The molecule has 0 fully saturated rings. The van der Waals surface area contributed by atoms with Crippen LogP contribution in [-0.2, 0) is 11.3 Å². The number of hydrogen-bond donors (Lipinski definition) is 1. The molecule has 0 unspecified atom stereocenters. The number of anilines is 1. The molecule has 0 aliphatic heterocycles. The van der Waals surface area contributed by atoms with E-state index in [2.05, 4.69) is 25.9 Å². The average molecular weight is 454 g/mol. The van der Waals surface area contributed by atoms with Gasteiger partial charge in [-0.25, -0.2) is 4.68 Å². The molecule has 2 heterocycles. The maximum Gasteiger partial charge on any atom is 0.235 e. The second-order valence-corrected chi connectivity index (χ2v) is 8.31. The number of nitrogens with one attached hydrogen (secondary N) is 1. The van der Waals surface area contributed by atoms with Gasteiger partial charge in [-0.15, -0.1) is 5.10 Å². The Hall–Kier alpha value is -3.17. The van der Waals surface area contributed by atoms with Crippen molar-refractivity contribution in [3.63, 3.8) is 0 Å². The maximum atomic E-state index is 12.6. The standard InChI is InChI=1S/C21H20ClN7OS/c1-14-5-3-8-18(15(14)2)29-21(25-26-27-29)31-13-20(30)24-19-9-10-23-28(19)12-16-6-4-7-17(22)11-16/h3-11H,12-13H2,1-2H3,(H,24,30). The van der Waals surface area contributed by atoms with Crippen molar-refractivity contribution in [2.75, 3.05) is 11.1 Å². The van der Waals surface area contributed by atoms with Crippen LogP contribution in [0.3, 0.4) is 0 Å². The van der Waals surface area contributed by atoms with Gasteiger partial charge in [0.15, 0.2) is 0 Å². The minimum atomic E-state index is -0.173. The van der Waals surface area contributed by atoms with Crippen molar-refractivity contribution in [3.8, 4) is 5.69 Å². The van der Waals surface area contributed by atoms with Crippen molar-refractivity contribution in [1.82, 2.24) is 30.0 Å². The molecule has 0 aliphatic carbocycles. The van der Waals surface area contributed by atoms with Gasteiger partial charge in [0, 0.05) is 11.1 Å². The summed E-state index contributed by atoms with van der Waals surface area (Å²) in [6, 6.07) is 15.2. The SMILES string of the molecule is Cc1cccc(-n2nnnc2SCC(=O)Nc2ccnn2Cc2cccc(Cl)c2)c1C. The van der Waals surface area contributed by atoms with E-state index in [1.165, 1.54) is 11.8 Å². The molecule has 8 nitrogen and oxygen atoms in total. The molecule has 0 saturated carbocycles. The lowest BCUT2D eigenvalue weighted by Crippen LogP contribution is -2.18. The quantitative estimate of drug-likeness (QED) is 0.427. The van der Waals surface area contributed by atoms with Crippen LogP contribution >= 0.6 is 23.4 Å². The van der Waals surface area contributed by atoms with Gasteiger partial charge >= 0.3 is 0 Å². The van der Waals surface area contributed by atoms with Crippen molar-refractivity contribution in [2.45, 2.75) is 25.5 Å². The van der Waals surface area contributed by atoms with Crippen molar-refractivity contribution in [3.05, 3.63) is 76.4 Å². The Morgan fingerprint density at radius 3 is 2.84 bits per heavy atom. The van der Waals surface area contributed by atoms with Gasteiger partial charge in [-0.3, -0.25) is 4.79 Å². The number of hydrogen-bond acceptors (Lipinski definition) is 6. The smallest absolute Gasteiger partial charge is 0.235 e. The molecule has 1 N–H and O–H groups in total. The monoisotopic (exact) mass is 453 g/mol. The number of halogens is 1. The highest BCUT2D eigenvalue weighted by Gasteiger charge is 2.15. The summed E-state index contributed by atoms with van der Waals surface area (Å²) in [7, 11) is 0. The summed E-state index contributed by atoms with van der Waals surface area (Å²) in [5.74, 6) is 0.598. The number of tetrazole rings is 1. The third kappa shape index (κ3) is 4.95. The van der Waals surface area contributed by atoms with E-state index in [9.17, 15) is 4.79 Å². The van der Waals surface area contributed by atoms with Gasteiger partial charge < -0.3 is 5.32 Å². The second-order valence-electron chi connectivity index (χ2n) is 6.93. The van der Waals surface area contributed by atoms with E-state index in [-0.39, 0.29) is 11.7 Å². The molecule has 2 aromatic heterocycles. The summed E-state index contributed by atoms with van der Waals surface area (Å²) in [6.45, 7) is 4.56. The topological polar surface area (TPSA) is 90.5 Å². The van der Waals surface area contributed by atoms with Gasteiger partial charge in [-0.05, 0) is 59.2 Å². The highest BCUT2D eigenvalue weighted by Crippen LogP contribution is 2.22. The van der Waals surface area contributed by atoms with Crippen LogP contribution in [0.5, 0.6) is 0 Å². The molecule has 0 atom stereocenters. The third-order valence-electron chi connectivity index (χ3n) is 4.78. The number of carbonyl (C=O) groups is 1. The predicted octanol–water partition coefficient (Wildman–Crippen LogP) is 3.91. The summed E-state index contributed by atoms with van der Waals surface area (Å²) >= 11 is 7.33. The molecule has 158 valence electrons. The number of aryl methyl sites for hydroxylation is 1. The number of nitrogens with zero attached hydrogens (tertiary/aromatic N) is 6. The maximum absolute atomic E-state index is 12.6. The normalized spacial score (nSPS) is 10.9. The summed E-state index contributed by atoms with van der Waals surface area (Å²) < 4.78 is 3.37. The van der Waals surface area contributed by atoms with Crippen LogP contribution in [0.2, 0.25) is 5.02 Å². The van der Waals surface area contributed by atoms with Crippen molar-refractivity contribution >= 4 is 35.1 Å². The zero-order chi connectivity index (χ0) is 21.8. The van der Waals surface area contributed by atoms with E-state index in [1.807, 2.05) is 56.3 Å². The zero-order valence-electron chi connectivity index (χ0n) is 17.0. The molecule has 1 amide bonds. The van der Waals surface area contributed by atoms with Crippen molar-refractivity contribution in [1.29, 1.82) is 0 Å². The predicted molar refractivity (Wildman–Crippen MR) is 121 cm³/mol. The average Bonchev–Trinajstić information content (AvgIpc) is 3.38. The lowest BCUT2D eigenvalue weighted by atomic mass is 10.1. The fraction of sp³-hybridized carbons (Fsp3) is 0.190. The first kappa shape index (κ1) is 21.1. The Morgan fingerprint density at radius 1 is 1.16 bits per heavy atom. The molecule has 31 heavy (non-hydrogen) atoms. The number of benzene rings is 2. The molecule has 4 aromatic rings. The first-order valence-electron chi connectivity index (χ1n) is 9.55. The first-order valence-corrected chi connectivity index (χ1v) is 10.9. The summed E-state index contributed by atoms with van der Waals surface area (Å²) in [4.78, 5) is 12.6. The minimum absolute atomic E-state index is 0.160. The van der Waals surface area contributed by atoms with E-state index < -0.39 is 0 Å². The number of carbonyl (C=O) groups excluding carboxylic acids is 1. The number of amides is 1. The number of thioether (sulfide) groups is 1. The summed E-state index contributed by atoms with van der Waals surface area (Å²) in [5, 5.41) is 20.3. The van der Waals surface area contributed by atoms with Crippen LogP contribution in [0.4, 0.5) is 5.82 Å². The van der Waals surface area contributed by atoms with Crippen LogP contribution in [0, 0.1) is 13.8 Å². The van der Waals surface area contributed by atoms with E-state index in [4.69, 9.17) is 11.6 Å².